The molecule has 1 aliphatic heterocycles. The summed E-state index contributed by atoms with van der Waals surface area (Å²) in [5.41, 5.74) is 2.93. The van der Waals surface area contributed by atoms with Crippen molar-refractivity contribution in [3.63, 3.8) is 0 Å². The van der Waals surface area contributed by atoms with E-state index in [4.69, 9.17) is 0 Å². The number of hydrogen-bond donors (Lipinski definition) is 2. The lowest BCUT2D eigenvalue weighted by molar-refractivity contribution is 0.267. The molecule has 104 valence electrons. The molecule has 0 bridgehead atoms. The van der Waals surface area contributed by atoms with E-state index in [0.29, 0.717) is 0 Å². The van der Waals surface area contributed by atoms with E-state index in [1.54, 1.807) is 0 Å². The van der Waals surface area contributed by atoms with E-state index in [0.717, 1.165) is 32.5 Å². The second-order valence-corrected chi connectivity index (χ2v) is 5.71. The van der Waals surface area contributed by atoms with Crippen molar-refractivity contribution < 1.29 is 0 Å². The fraction of sp³-hybridized carbons (Fsp3) is 0.333. The smallest absolute Gasteiger partial charge is 0.0387 e. The Labute approximate surface area is 121 Å². The Kier molecular flexibility index (Phi) is 4.14. The maximum Gasteiger partial charge on any atom is 0.0387 e. The predicted molar refractivity (Wildman–Crippen MR) is 83.9 cm³/mol. The van der Waals surface area contributed by atoms with Crippen LogP contribution < -0.4 is 10.6 Å². The van der Waals surface area contributed by atoms with Crippen LogP contribution >= 0.6 is 0 Å². The molecule has 0 amide bonds. The topological polar surface area (TPSA) is 24.1 Å². The first-order chi connectivity index (χ1) is 9.86. The van der Waals surface area contributed by atoms with E-state index in [-0.39, 0.29) is 5.54 Å². The van der Waals surface area contributed by atoms with E-state index in [1.165, 1.54) is 11.1 Å². The summed E-state index contributed by atoms with van der Waals surface area (Å²) in [4.78, 5) is 0. The number of rotatable bonds is 4. The van der Waals surface area contributed by atoms with Crippen molar-refractivity contribution in [3.8, 4) is 0 Å². The normalized spacial score (nSPS) is 17.8. The Morgan fingerprint density at radius 1 is 0.750 bits per heavy atom. The van der Waals surface area contributed by atoms with Crippen molar-refractivity contribution in [1.82, 2.24) is 10.6 Å². The molecule has 2 aromatic carbocycles. The van der Waals surface area contributed by atoms with E-state index in [2.05, 4.69) is 71.3 Å². The molecule has 20 heavy (non-hydrogen) atoms. The molecule has 0 saturated carbocycles. The van der Waals surface area contributed by atoms with Crippen molar-refractivity contribution in [1.29, 1.82) is 0 Å². The van der Waals surface area contributed by atoms with E-state index < -0.39 is 0 Å². The summed E-state index contributed by atoms with van der Waals surface area (Å²) in [5.74, 6) is 0. The maximum absolute atomic E-state index is 3.77. The minimum Gasteiger partial charge on any atom is -0.314 e. The Hall–Kier alpha value is -1.64. The number of piperazine rings is 1. The van der Waals surface area contributed by atoms with E-state index >= 15 is 0 Å². The first-order valence-electron chi connectivity index (χ1n) is 7.40. The van der Waals surface area contributed by atoms with Crippen molar-refractivity contribution in [3.05, 3.63) is 71.8 Å². The summed E-state index contributed by atoms with van der Waals surface area (Å²) >= 11 is 0. The maximum atomic E-state index is 3.77. The molecule has 3 rings (SSSR count). The summed E-state index contributed by atoms with van der Waals surface area (Å²) in [7, 11) is 0. The van der Waals surface area contributed by atoms with Gasteiger partial charge in [0.1, 0.15) is 0 Å². The minimum absolute atomic E-state index is 0.126. The predicted octanol–water partition coefficient (Wildman–Crippen LogP) is 2.40. The Bertz CT molecular complexity index is 472. The van der Waals surface area contributed by atoms with Crippen LogP contribution in [0.4, 0.5) is 0 Å². The van der Waals surface area contributed by atoms with Crippen LogP contribution in [0.15, 0.2) is 60.7 Å². The Morgan fingerprint density at radius 3 is 1.75 bits per heavy atom. The van der Waals surface area contributed by atoms with Crippen molar-refractivity contribution >= 4 is 0 Å². The molecule has 0 atom stereocenters. The summed E-state index contributed by atoms with van der Waals surface area (Å²) in [6.07, 6.45) is 2.13. The molecule has 1 fully saturated rings. The highest BCUT2D eigenvalue weighted by atomic mass is 15.1. The molecule has 0 unspecified atom stereocenters. The van der Waals surface area contributed by atoms with Crippen LogP contribution in [0.1, 0.15) is 11.1 Å². The van der Waals surface area contributed by atoms with Crippen LogP contribution in [-0.4, -0.2) is 25.2 Å². The van der Waals surface area contributed by atoms with Crippen molar-refractivity contribution in [2.24, 2.45) is 0 Å². The molecule has 0 radical (unpaired) electrons. The number of hydrogen-bond acceptors (Lipinski definition) is 2. The fourth-order valence-electron chi connectivity index (χ4n) is 3.09. The van der Waals surface area contributed by atoms with Gasteiger partial charge in [0, 0.05) is 25.2 Å². The lowest BCUT2D eigenvalue weighted by atomic mass is 9.83. The van der Waals surface area contributed by atoms with Crippen LogP contribution in [0.25, 0.3) is 0 Å². The second kappa shape index (κ2) is 6.21. The van der Waals surface area contributed by atoms with Gasteiger partial charge in [0.2, 0.25) is 0 Å². The van der Waals surface area contributed by atoms with Crippen LogP contribution in [0.2, 0.25) is 0 Å². The highest BCUT2D eigenvalue weighted by Crippen LogP contribution is 2.20. The van der Waals surface area contributed by atoms with Gasteiger partial charge in [-0.2, -0.15) is 0 Å². The van der Waals surface area contributed by atoms with Gasteiger partial charge in [-0.05, 0) is 24.0 Å². The van der Waals surface area contributed by atoms with Crippen molar-refractivity contribution in [2.45, 2.75) is 18.4 Å². The lowest BCUT2D eigenvalue weighted by Gasteiger charge is -2.39. The summed E-state index contributed by atoms with van der Waals surface area (Å²) in [6, 6.07) is 21.6. The van der Waals surface area contributed by atoms with Gasteiger partial charge < -0.3 is 10.6 Å². The number of nitrogens with one attached hydrogen (secondary N) is 2. The largest absolute Gasteiger partial charge is 0.314 e. The molecule has 2 heteroatoms. The highest BCUT2D eigenvalue weighted by molar-refractivity contribution is 5.23. The summed E-state index contributed by atoms with van der Waals surface area (Å²) < 4.78 is 0. The van der Waals surface area contributed by atoms with Gasteiger partial charge in [-0.25, -0.2) is 0 Å². The Balaban J connectivity index is 1.81. The van der Waals surface area contributed by atoms with Gasteiger partial charge in [0.05, 0.1) is 0 Å². The molecular weight excluding hydrogens is 244 g/mol. The molecular formula is C18H22N2. The van der Waals surface area contributed by atoms with E-state index in [9.17, 15) is 0 Å². The molecule has 0 spiro atoms. The first kappa shape index (κ1) is 13.3. The van der Waals surface area contributed by atoms with Crippen LogP contribution in [0.3, 0.4) is 0 Å². The number of benzene rings is 2. The van der Waals surface area contributed by atoms with Gasteiger partial charge in [-0.3, -0.25) is 0 Å². The van der Waals surface area contributed by atoms with Crippen LogP contribution in [0.5, 0.6) is 0 Å². The van der Waals surface area contributed by atoms with Gasteiger partial charge in [0.15, 0.2) is 0 Å². The second-order valence-electron chi connectivity index (χ2n) is 5.71. The standard InChI is InChI=1S/C18H22N2/c1-3-7-16(8-4-1)13-18(15-19-11-12-20-18)14-17-9-5-2-6-10-17/h1-10,19-20H,11-15H2. The average Bonchev–Trinajstić information content (AvgIpc) is 2.50. The molecule has 2 aromatic rings. The van der Waals surface area contributed by atoms with E-state index in [1.807, 2.05) is 0 Å². The van der Waals surface area contributed by atoms with Crippen molar-refractivity contribution in [2.75, 3.05) is 19.6 Å². The zero-order valence-corrected chi connectivity index (χ0v) is 11.8. The molecule has 1 aliphatic rings. The SMILES string of the molecule is c1ccc(CC2(Cc3ccccc3)CNCCN2)cc1. The van der Waals surface area contributed by atoms with Gasteiger partial charge >= 0.3 is 0 Å². The lowest BCUT2D eigenvalue weighted by Crippen LogP contribution is -2.61. The minimum atomic E-state index is 0.126. The van der Waals surface area contributed by atoms with Crippen LogP contribution in [0, 0.1) is 0 Å². The third-order valence-electron chi connectivity index (χ3n) is 4.04. The third-order valence-corrected chi connectivity index (χ3v) is 4.04. The third kappa shape index (κ3) is 3.27. The highest BCUT2D eigenvalue weighted by Gasteiger charge is 2.31. The summed E-state index contributed by atoms with van der Waals surface area (Å²) in [5, 5.41) is 7.32. The zero-order chi connectivity index (χ0) is 13.7. The molecule has 2 nitrogen and oxygen atoms in total. The van der Waals surface area contributed by atoms with Gasteiger partial charge in [-0.15, -0.1) is 0 Å². The first-order valence-corrected chi connectivity index (χ1v) is 7.40. The fourth-order valence-corrected chi connectivity index (χ4v) is 3.09. The zero-order valence-electron chi connectivity index (χ0n) is 11.8. The average molecular weight is 266 g/mol. The molecule has 1 heterocycles. The summed E-state index contributed by atoms with van der Waals surface area (Å²) in [6.45, 7) is 3.13. The van der Waals surface area contributed by atoms with Gasteiger partial charge in [0.25, 0.3) is 0 Å². The Morgan fingerprint density at radius 2 is 1.30 bits per heavy atom. The molecule has 2 N–H and O–H groups in total. The monoisotopic (exact) mass is 266 g/mol. The quantitative estimate of drug-likeness (QED) is 0.888. The molecule has 1 saturated heterocycles. The van der Waals surface area contributed by atoms with Gasteiger partial charge in [-0.1, -0.05) is 60.7 Å². The molecule has 0 aromatic heterocycles. The molecule has 0 aliphatic carbocycles. The van der Waals surface area contributed by atoms with Crippen LogP contribution in [-0.2, 0) is 12.8 Å².